The first-order valence-electron chi connectivity index (χ1n) is 9.41. The lowest BCUT2D eigenvalue weighted by molar-refractivity contribution is 0.0948. The Labute approximate surface area is 155 Å². The summed E-state index contributed by atoms with van der Waals surface area (Å²) < 4.78 is 0. The van der Waals surface area contributed by atoms with Gasteiger partial charge in [0.1, 0.15) is 5.69 Å². The molecule has 0 bridgehead atoms. The molecule has 0 aliphatic carbocycles. The van der Waals surface area contributed by atoms with Crippen LogP contribution < -0.4 is 15.5 Å². The molecule has 26 heavy (non-hydrogen) atoms. The highest BCUT2D eigenvalue weighted by atomic mass is 16.1. The van der Waals surface area contributed by atoms with Crippen molar-refractivity contribution in [1.82, 2.24) is 15.3 Å². The highest BCUT2D eigenvalue weighted by molar-refractivity contribution is 5.92. The van der Waals surface area contributed by atoms with Gasteiger partial charge in [-0.05, 0) is 56.5 Å². The Morgan fingerprint density at radius 1 is 1.15 bits per heavy atom. The fourth-order valence-electron chi connectivity index (χ4n) is 3.07. The lowest BCUT2D eigenvalue weighted by Gasteiger charge is -2.17. The normalized spacial score (nSPS) is 13.7. The molecule has 1 amide bonds. The topological polar surface area (TPSA) is 70.2 Å². The average molecular weight is 353 g/mol. The minimum atomic E-state index is -0.156. The monoisotopic (exact) mass is 353 g/mol. The van der Waals surface area contributed by atoms with Gasteiger partial charge in [0.15, 0.2) is 0 Å². The Balaban J connectivity index is 1.68. The predicted octanol–water partition coefficient (Wildman–Crippen LogP) is 3.66. The van der Waals surface area contributed by atoms with E-state index in [1.54, 1.807) is 6.07 Å². The summed E-state index contributed by atoms with van der Waals surface area (Å²) in [7, 11) is 0. The van der Waals surface area contributed by atoms with Gasteiger partial charge in [-0.25, -0.2) is 9.97 Å². The molecule has 2 N–H and O–H groups in total. The van der Waals surface area contributed by atoms with Gasteiger partial charge in [-0.2, -0.15) is 0 Å². The Hall–Kier alpha value is -2.63. The van der Waals surface area contributed by atoms with Crippen LogP contribution in [0.2, 0.25) is 0 Å². The summed E-state index contributed by atoms with van der Waals surface area (Å²) in [5.74, 6) is 0.288. The molecule has 1 saturated heterocycles. The van der Waals surface area contributed by atoms with Gasteiger partial charge in [0.05, 0.1) is 0 Å². The fraction of sp³-hybridized carbons (Fsp3) is 0.450. The Morgan fingerprint density at radius 3 is 2.58 bits per heavy atom. The molecular weight excluding hydrogens is 326 g/mol. The largest absolute Gasteiger partial charge is 0.372 e. The minimum absolute atomic E-state index is 0.156. The van der Waals surface area contributed by atoms with Crippen molar-refractivity contribution < 1.29 is 4.79 Å². The molecule has 0 saturated carbocycles. The van der Waals surface area contributed by atoms with Gasteiger partial charge in [0.2, 0.25) is 5.95 Å². The van der Waals surface area contributed by atoms with Crippen LogP contribution in [0.5, 0.6) is 0 Å². The number of carbonyl (C=O) groups is 1. The summed E-state index contributed by atoms with van der Waals surface area (Å²) in [5.41, 5.74) is 3.31. The lowest BCUT2D eigenvalue weighted by atomic mass is 10.2. The number of aromatic nitrogens is 2. The molecule has 1 aliphatic heterocycles. The molecule has 1 aromatic carbocycles. The van der Waals surface area contributed by atoms with Gasteiger partial charge in [-0.3, -0.25) is 4.79 Å². The van der Waals surface area contributed by atoms with Crippen molar-refractivity contribution in [1.29, 1.82) is 0 Å². The minimum Gasteiger partial charge on any atom is -0.372 e. The molecule has 6 nitrogen and oxygen atoms in total. The maximum Gasteiger partial charge on any atom is 0.270 e. The van der Waals surface area contributed by atoms with Gasteiger partial charge in [-0.15, -0.1) is 0 Å². The van der Waals surface area contributed by atoms with Crippen molar-refractivity contribution in [2.75, 3.05) is 29.9 Å². The van der Waals surface area contributed by atoms with E-state index in [-0.39, 0.29) is 5.91 Å². The molecule has 0 spiro atoms. The second-order valence-corrected chi connectivity index (χ2v) is 6.69. The Bertz CT molecular complexity index is 738. The second kappa shape index (κ2) is 8.65. The van der Waals surface area contributed by atoms with E-state index in [4.69, 9.17) is 0 Å². The lowest BCUT2D eigenvalue weighted by Crippen LogP contribution is -2.25. The third-order valence-corrected chi connectivity index (χ3v) is 4.50. The summed E-state index contributed by atoms with van der Waals surface area (Å²) in [6.07, 6.45) is 4.54. The number of hydrogen-bond acceptors (Lipinski definition) is 5. The van der Waals surface area contributed by atoms with E-state index in [1.807, 2.05) is 19.1 Å². The zero-order chi connectivity index (χ0) is 18.4. The van der Waals surface area contributed by atoms with E-state index in [2.05, 4.69) is 44.6 Å². The maximum atomic E-state index is 12.2. The van der Waals surface area contributed by atoms with E-state index in [0.717, 1.165) is 37.3 Å². The van der Waals surface area contributed by atoms with Crippen molar-refractivity contribution in [2.24, 2.45) is 0 Å². The highest BCUT2D eigenvalue weighted by Crippen LogP contribution is 2.23. The number of benzene rings is 1. The summed E-state index contributed by atoms with van der Waals surface area (Å²) in [4.78, 5) is 23.4. The molecule has 1 fully saturated rings. The fourth-order valence-corrected chi connectivity index (χ4v) is 3.07. The number of carbonyl (C=O) groups excluding carboxylic acids is 1. The summed E-state index contributed by atoms with van der Waals surface area (Å²) >= 11 is 0. The molecule has 0 atom stereocenters. The van der Waals surface area contributed by atoms with Gasteiger partial charge >= 0.3 is 0 Å². The third-order valence-electron chi connectivity index (χ3n) is 4.50. The number of nitrogens with zero attached hydrogens (tertiary/aromatic N) is 3. The quantitative estimate of drug-likeness (QED) is 0.744. The van der Waals surface area contributed by atoms with Crippen LogP contribution in [-0.4, -0.2) is 35.5 Å². The molecule has 0 radical (unpaired) electrons. The number of amides is 1. The van der Waals surface area contributed by atoms with Crippen molar-refractivity contribution in [3.8, 4) is 0 Å². The molecule has 0 unspecified atom stereocenters. The van der Waals surface area contributed by atoms with Crippen LogP contribution in [0.15, 0.2) is 30.3 Å². The Morgan fingerprint density at radius 2 is 1.88 bits per heavy atom. The van der Waals surface area contributed by atoms with Crippen molar-refractivity contribution in [3.63, 3.8) is 0 Å². The predicted molar refractivity (Wildman–Crippen MR) is 105 cm³/mol. The molecule has 2 aromatic rings. The number of aryl methyl sites for hydroxylation is 1. The smallest absolute Gasteiger partial charge is 0.270 e. The third kappa shape index (κ3) is 4.71. The van der Waals surface area contributed by atoms with Gasteiger partial charge in [-0.1, -0.05) is 13.3 Å². The number of anilines is 3. The number of nitrogens with one attached hydrogen (secondary N) is 2. The molecule has 138 valence electrons. The van der Waals surface area contributed by atoms with E-state index in [0.29, 0.717) is 18.2 Å². The maximum absolute atomic E-state index is 12.2. The zero-order valence-corrected chi connectivity index (χ0v) is 15.6. The standard InChI is InChI=1S/C20H27N5O/c1-3-4-11-21-19(26)18-14-15(2)22-20(24-18)23-16-7-9-17(10-8-16)25-12-5-6-13-25/h7-10,14H,3-6,11-13H2,1-2H3,(H,21,26)(H,22,23,24). The zero-order valence-electron chi connectivity index (χ0n) is 15.6. The number of hydrogen-bond donors (Lipinski definition) is 2. The molecule has 3 rings (SSSR count). The van der Waals surface area contributed by atoms with Crippen LogP contribution in [0.1, 0.15) is 48.8 Å². The first kappa shape index (κ1) is 18.2. The van der Waals surface area contributed by atoms with Crippen molar-refractivity contribution in [2.45, 2.75) is 39.5 Å². The first-order chi connectivity index (χ1) is 12.7. The highest BCUT2D eigenvalue weighted by Gasteiger charge is 2.13. The Kier molecular flexibility index (Phi) is 6.04. The molecular formula is C20H27N5O. The summed E-state index contributed by atoms with van der Waals surface area (Å²) in [5, 5.41) is 6.10. The van der Waals surface area contributed by atoms with Crippen LogP contribution in [0.3, 0.4) is 0 Å². The van der Waals surface area contributed by atoms with Crippen molar-refractivity contribution >= 4 is 23.2 Å². The molecule has 6 heteroatoms. The van der Waals surface area contributed by atoms with Crippen LogP contribution >= 0.6 is 0 Å². The van der Waals surface area contributed by atoms with Gasteiger partial charge in [0.25, 0.3) is 5.91 Å². The van der Waals surface area contributed by atoms with E-state index in [9.17, 15) is 4.79 Å². The number of rotatable bonds is 7. The van der Waals surface area contributed by atoms with Crippen LogP contribution in [0.4, 0.5) is 17.3 Å². The molecule has 2 heterocycles. The SMILES string of the molecule is CCCCNC(=O)c1cc(C)nc(Nc2ccc(N3CCCC3)cc2)n1. The molecule has 1 aliphatic rings. The first-order valence-corrected chi connectivity index (χ1v) is 9.41. The summed E-state index contributed by atoms with van der Waals surface area (Å²) in [6, 6.07) is 9.99. The van der Waals surface area contributed by atoms with E-state index in [1.165, 1.54) is 18.5 Å². The van der Waals surface area contributed by atoms with Gasteiger partial charge < -0.3 is 15.5 Å². The van der Waals surface area contributed by atoms with Crippen LogP contribution in [0.25, 0.3) is 0 Å². The average Bonchev–Trinajstić information content (AvgIpc) is 3.16. The van der Waals surface area contributed by atoms with E-state index < -0.39 is 0 Å². The van der Waals surface area contributed by atoms with Gasteiger partial charge in [0, 0.05) is 36.7 Å². The van der Waals surface area contributed by atoms with Crippen molar-refractivity contribution in [3.05, 3.63) is 41.7 Å². The molecule has 1 aromatic heterocycles. The number of unbranched alkanes of at least 4 members (excludes halogenated alkanes) is 1. The summed E-state index contributed by atoms with van der Waals surface area (Å²) in [6.45, 7) is 6.89. The second-order valence-electron chi connectivity index (χ2n) is 6.69. The van der Waals surface area contributed by atoms with Crippen LogP contribution in [-0.2, 0) is 0 Å². The van der Waals surface area contributed by atoms with E-state index >= 15 is 0 Å². The van der Waals surface area contributed by atoms with Crippen LogP contribution in [0, 0.1) is 6.92 Å².